The van der Waals surface area contributed by atoms with Crippen LogP contribution in [0.1, 0.15) is 23.6 Å². The fourth-order valence-electron chi connectivity index (χ4n) is 2.20. The molecule has 110 valence electrons. The molecule has 4 heteroatoms. The summed E-state index contributed by atoms with van der Waals surface area (Å²) in [6, 6.07) is 12.4. The smallest absolute Gasteiger partial charge is 0.107 e. The highest BCUT2D eigenvalue weighted by molar-refractivity contribution is 7.99. The van der Waals surface area contributed by atoms with Crippen LogP contribution in [0.5, 0.6) is 0 Å². The van der Waals surface area contributed by atoms with E-state index in [9.17, 15) is 0 Å². The monoisotopic (exact) mass is 316 g/mol. The summed E-state index contributed by atoms with van der Waals surface area (Å²) in [5.74, 6) is 0.989. The van der Waals surface area contributed by atoms with Gasteiger partial charge in [0.15, 0.2) is 0 Å². The van der Waals surface area contributed by atoms with E-state index in [-0.39, 0.29) is 0 Å². The fourth-order valence-corrected chi connectivity index (χ4v) is 3.33. The molecule has 0 heterocycles. The standard InChI is InChI=1S/C17H20N2S2/c1-4-21-15-10-6-9-14(16(15)17(18)20)19-13-8-5-7-11(2)12(13)3/h5-10,19H,4H2,1-3H3,(H2,18,20). The number of anilines is 2. The SMILES string of the molecule is CCSc1cccc(Nc2cccc(C)c2C)c1C(N)=S. The third-order valence-electron chi connectivity index (χ3n) is 3.45. The predicted molar refractivity (Wildman–Crippen MR) is 97.9 cm³/mol. The third-order valence-corrected chi connectivity index (χ3v) is 4.59. The van der Waals surface area contributed by atoms with Crippen molar-refractivity contribution in [3.05, 3.63) is 53.1 Å². The summed E-state index contributed by atoms with van der Waals surface area (Å²) in [5.41, 5.74) is 11.4. The molecule has 0 saturated carbocycles. The van der Waals surface area contributed by atoms with E-state index in [0.29, 0.717) is 4.99 Å². The van der Waals surface area contributed by atoms with Crippen LogP contribution in [-0.4, -0.2) is 10.7 Å². The Hall–Kier alpha value is -1.52. The zero-order valence-electron chi connectivity index (χ0n) is 12.6. The lowest BCUT2D eigenvalue weighted by molar-refractivity contribution is 1.32. The van der Waals surface area contributed by atoms with Crippen molar-refractivity contribution >= 4 is 40.3 Å². The molecule has 0 bridgehead atoms. The highest BCUT2D eigenvalue weighted by Gasteiger charge is 2.12. The molecule has 2 aromatic rings. The molecule has 0 aliphatic carbocycles. The quantitative estimate of drug-likeness (QED) is 0.614. The van der Waals surface area contributed by atoms with Gasteiger partial charge in [-0.05, 0) is 48.9 Å². The molecule has 21 heavy (non-hydrogen) atoms. The number of thiocarbonyl (C=S) groups is 1. The van der Waals surface area contributed by atoms with Gasteiger partial charge in [0, 0.05) is 21.8 Å². The average molecular weight is 316 g/mol. The van der Waals surface area contributed by atoms with E-state index in [4.69, 9.17) is 18.0 Å². The number of hydrogen-bond donors (Lipinski definition) is 2. The molecule has 2 rings (SSSR count). The summed E-state index contributed by atoms with van der Waals surface area (Å²) in [4.78, 5) is 1.56. The Labute approximate surface area is 136 Å². The van der Waals surface area contributed by atoms with Gasteiger partial charge in [-0.3, -0.25) is 0 Å². The van der Waals surface area contributed by atoms with Crippen molar-refractivity contribution in [1.29, 1.82) is 0 Å². The summed E-state index contributed by atoms with van der Waals surface area (Å²) in [6.07, 6.45) is 0. The maximum atomic E-state index is 5.95. The van der Waals surface area contributed by atoms with Crippen LogP contribution in [0.15, 0.2) is 41.3 Å². The van der Waals surface area contributed by atoms with Crippen LogP contribution in [0.25, 0.3) is 0 Å². The second-order valence-electron chi connectivity index (χ2n) is 4.85. The molecule has 2 aromatic carbocycles. The van der Waals surface area contributed by atoms with Gasteiger partial charge in [-0.15, -0.1) is 11.8 Å². The lowest BCUT2D eigenvalue weighted by atomic mass is 10.1. The zero-order chi connectivity index (χ0) is 15.4. The molecule has 0 spiro atoms. The first-order chi connectivity index (χ1) is 10.0. The van der Waals surface area contributed by atoms with E-state index in [1.807, 2.05) is 12.1 Å². The maximum Gasteiger partial charge on any atom is 0.107 e. The first-order valence-electron chi connectivity index (χ1n) is 6.93. The highest BCUT2D eigenvalue weighted by Crippen LogP contribution is 2.31. The number of rotatable bonds is 5. The number of thioether (sulfide) groups is 1. The van der Waals surface area contributed by atoms with E-state index in [1.54, 1.807) is 11.8 Å². The molecule has 2 nitrogen and oxygen atoms in total. The Balaban J connectivity index is 2.46. The van der Waals surface area contributed by atoms with Crippen LogP contribution in [-0.2, 0) is 0 Å². The van der Waals surface area contributed by atoms with Crippen LogP contribution in [0, 0.1) is 13.8 Å². The molecular formula is C17H20N2S2. The minimum atomic E-state index is 0.430. The molecule has 0 atom stereocenters. The van der Waals surface area contributed by atoms with E-state index in [2.05, 4.69) is 50.4 Å². The minimum absolute atomic E-state index is 0.430. The van der Waals surface area contributed by atoms with Crippen molar-refractivity contribution in [3.63, 3.8) is 0 Å². The lowest BCUT2D eigenvalue weighted by Crippen LogP contribution is -2.13. The predicted octanol–water partition coefficient (Wildman–Crippen LogP) is 4.79. The van der Waals surface area contributed by atoms with Gasteiger partial charge in [0.1, 0.15) is 4.99 Å². The van der Waals surface area contributed by atoms with Gasteiger partial charge < -0.3 is 11.1 Å². The van der Waals surface area contributed by atoms with Gasteiger partial charge in [0.25, 0.3) is 0 Å². The first-order valence-corrected chi connectivity index (χ1v) is 8.32. The molecule has 0 fully saturated rings. The summed E-state index contributed by atoms with van der Waals surface area (Å²) in [7, 11) is 0. The molecule has 0 aliphatic heterocycles. The fraction of sp³-hybridized carbons (Fsp3) is 0.235. The van der Waals surface area contributed by atoms with Crippen LogP contribution in [0.2, 0.25) is 0 Å². The van der Waals surface area contributed by atoms with Crippen molar-refractivity contribution in [2.45, 2.75) is 25.7 Å². The second-order valence-corrected chi connectivity index (χ2v) is 6.59. The summed E-state index contributed by atoms with van der Waals surface area (Å²) < 4.78 is 0. The van der Waals surface area contributed by atoms with Gasteiger partial charge in [0.2, 0.25) is 0 Å². The first kappa shape index (κ1) is 15.9. The van der Waals surface area contributed by atoms with Gasteiger partial charge >= 0.3 is 0 Å². The molecule has 0 aliphatic rings. The average Bonchev–Trinajstić information content (AvgIpc) is 2.44. The second kappa shape index (κ2) is 6.96. The van der Waals surface area contributed by atoms with Gasteiger partial charge in [0.05, 0.1) is 0 Å². The van der Waals surface area contributed by atoms with Crippen LogP contribution in [0.3, 0.4) is 0 Å². The molecule has 0 amide bonds. The van der Waals surface area contributed by atoms with Crippen LogP contribution in [0.4, 0.5) is 11.4 Å². The van der Waals surface area contributed by atoms with Crippen molar-refractivity contribution in [2.24, 2.45) is 5.73 Å². The van der Waals surface area contributed by atoms with Crippen LogP contribution >= 0.6 is 24.0 Å². The molecular weight excluding hydrogens is 296 g/mol. The number of nitrogens with two attached hydrogens (primary N) is 1. The van der Waals surface area contributed by atoms with Crippen LogP contribution < -0.4 is 11.1 Å². The highest BCUT2D eigenvalue weighted by atomic mass is 32.2. The Morgan fingerprint density at radius 1 is 1.14 bits per heavy atom. The molecule has 0 aromatic heterocycles. The number of benzene rings is 2. The van der Waals surface area contributed by atoms with Gasteiger partial charge in [-0.2, -0.15) is 0 Å². The maximum absolute atomic E-state index is 5.95. The molecule has 0 saturated heterocycles. The molecule has 3 N–H and O–H groups in total. The summed E-state index contributed by atoms with van der Waals surface area (Å²) in [6.45, 7) is 6.35. The van der Waals surface area contributed by atoms with Gasteiger partial charge in [-0.1, -0.05) is 37.3 Å². The Morgan fingerprint density at radius 3 is 2.48 bits per heavy atom. The number of hydrogen-bond acceptors (Lipinski definition) is 3. The number of aryl methyl sites for hydroxylation is 1. The van der Waals surface area contributed by atoms with Crippen molar-refractivity contribution in [3.8, 4) is 0 Å². The largest absolute Gasteiger partial charge is 0.389 e. The van der Waals surface area contributed by atoms with E-state index < -0.39 is 0 Å². The Morgan fingerprint density at radius 2 is 1.81 bits per heavy atom. The molecule has 0 radical (unpaired) electrons. The topological polar surface area (TPSA) is 38.0 Å². The van der Waals surface area contributed by atoms with E-state index >= 15 is 0 Å². The third kappa shape index (κ3) is 3.57. The van der Waals surface area contributed by atoms with Gasteiger partial charge in [-0.25, -0.2) is 0 Å². The zero-order valence-corrected chi connectivity index (χ0v) is 14.2. The normalized spacial score (nSPS) is 10.4. The van der Waals surface area contributed by atoms with E-state index in [1.165, 1.54) is 11.1 Å². The van der Waals surface area contributed by atoms with Crippen molar-refractivity contribution in [2.75, 3.05) is 11.1 Å². The van der Waals surface area contributed by atoms with Crippen molar-refractivity contribution in [1.82, 2.24) is 0 Å². The Bertz CT molecular complexity index is 666. The minimum Gasteiger partial charge on any atom is -0.389 e. The van der Waals surface area contributed by atoms with E-state index in [0.717, 1.165) is 27.6 Å². The summed E-state index contributed by atoms with van der Waals surface area (Å²) in [5, 5.41) is 3.48. The molecule has 0 unspecified atom stereocenters. The number of nitrogens with one attached hydrogen (secondary N) is 1. The van der Waals surface area contributed by atoms with Crippen molar-refractivity contribution < 1.29 is 0 Å². The summed E-state index contributed by atoms with van der Waals surface area (Å²) >= 11 is 7.01. The lowest BCUT2D eigenvalue weighted by Gasteiger charge is -2.17. The Kier molecular flexibility index (Phi) is 5.26.